The molecule has 160 valence electrons. The number of amides is 1. The number of fused-ring (bicyclic) bond motifs is 1. The topological polar surface area (TPSA) is 86.3 Å². The number of hydrogen-bond donors (Lipinski definition) is 0. The SMILES string of the molecule is CCc1nn(-c2noc(C3CCN(C(=O)OC(C)(C)C)CC3)n2)c2cccc(F)c12. The van der Waals surface area contributed by atoms with Crippen LogP contribution in [0, 0.1) is 5.82 Å². The van der Waals surface area contributed by atoms with E-state index >= 15 is 0 Å². The van der Waals surface area contributed by atoms with Gasteiger partial charge >= 0.3 is 6.09 Å². The first-order valence-corrected chi connectivity index (χ1v) is 10.2. The van der Waals surface area contributed by atoms with Gasteiger partial charge in [-0.2, -0.15) is 14.8 Å². The number of benzene rings is 1. The highest BCUT2D eigenvalue weighted by Gasteiger charge is 2.30. The van der Waals surface area contributed by atoms with Gasteiger partial charge in [-0.3, -0.25) is 0 Å². The summed E-state index contributed by atoms with van der Waals surface area (Å²) in [5, 5.41) is 9.05. The first-order chi connectivity index (χ1) is 14.3. The molecule has 0 bridgehead atoms. The summed E-state index contributed by atoms with van der Waals surface area (Å²) >= 11 is 0. The summed E-state index contributed by atoms with van der Waals surface area (Å²) in [7, 11) is 0. The van der Waals surface area contributed by atoms with Gasteiger partial charge in [0.2, 0.25) is 5.89 Å². The fraction of sp³-hybridized carbons (Fsp3) is 0.524. The third-order valence-electron chi connectivity index (χ3n) is 5.18. The lowest BCUT2D eigenvalue weighted by atomic mass is 9.97. The molecule has 9 heteroatoms. The highest BCUT2D eigenvalue weighted by Crippen LogP contribution is 2.29. The Hall–Kier alpha value is -2.97. The van der Waals surface area contributed by atoms with Crippen LogP contribution in [0.3, 0.4) is 0 Å². The van der Waals surface area contributed by atoms with Crippen LogP contribution in [0.2, 0.25) is 0 Å². The molecule has 1 fully saturated rings. The molecule has 1 amide bonds. The number of carbonyl (C=O) groups is 1. The van der Waals surface area contributed by atoms with E-state index in [0.29, 0.717) is 54.8 Å². The van der Waals surface area contributed by atoms with Crippen LogP contribution in [0.1, 0.15) is 58.0 Å². The summed E-state index contributed by atoms with van der Waals surface area (Å²) < 4.78 is 26.8. The van der Waals surface area contributed by atoms with Crippen LogP contribution < -0.4 is 0 Å². The van der Waals surface area contributed by atoms with Gasteiger partial charge in [0.05, 0.1) is 16.6 Å². The van der Waals surface area contributed by atoms with E-state index < -0.39 is 5.60 Å². The third kappa shape index (κ3) is 3.88. The molecule has 0 spiro atoms. The molecule has 3 aromatic rings. The van der Waals surface area contributed by atoms with Crippen molar-refractivity contribution in [2.45, 2.75) is 58.5 Å². The maximum atomic E-state index is 14.3. The van der Waals surface area contributed by atoms with Gasteiger partial charge in [-0.1, -0.05) is 13.0 Å². The van der Waals surface area contributed by atoms with Gasteiger partial charge in [0.15, 0.2) is 0 Å². The van der Waals surface area contributed by atoms with E-state index in [0.717, 1.165) is 0 Å². The molecule has 0 saturated carbocycles. The van der Waals surface area contributed by atoms with Crippen LogP contribution in [0.5, 0.6) is 0 Å². The van der Waals surface area contributed by atoms with E-state index in [1.165, 1.54) is 10.7 Å². The Kier molecular flexibility index (Phi) is 5.21. The van der Waals surface area contributed by atoms with Gasteiger partial charge in [-0.05, 0) is 57.3 Å². The van der Waals surface area contributed by atoms with E-state index in [9.17, 15) is 9.18 Å². The van der Waals surface area contributed by atoms with Gasteiger partial charge in [-0.15, -0.1) is 0 Å². The molecule has 1 saturated heterocycles. The van der Waals surface area contributed by atoms with E-state index in [4.69, 9.17) is 9.26 Å². The molecule has 3 heterocycles. The Morgan fingerprint density at radius 3 is 2.70 bits per heavy atom. The van der Waals surface area contributed by atoms with Crippen LogP contribution in [0.4, 0.5) is 9.18 Å². The Balaban J connectivity index is 1.50. The second-order valence-corrected chi connectivity index (χ2v) is 8.52. The smallest absolute Gasteiger partial charge is 0.410 e. The van der Waals surface area contributed by atoms with E-state index in [2.05, 4.69) is 15.2 Å². The Morgan fingerprint density at radius 1 is 1.30 bits per heavy atom. The number of carbonyl (C=O) groups excluding carboxylic acids is 1. The molecule has 0 atom stereocenters. The molecule has 0 aliphatic carbocycles. The normalized spacial score (nSPS) is 15.7. The molecular formula is C21H26FN5O3. The second-order valence-electron chi connectivity index (χ2n) is 8.52. The summed E-state index contributed by atoms with van der Waals surface area (Å²) in [6, 6.07) is 4.86. The predicted octanol–water partition coefficient (Wildman–Crippen LogP) is 4.22. The molecule has 4 rings (SSSR count). The zero-order valence-electron chi connectivity index (χ0n) is 17.7. The number of likely N-dealkylation sites (tertiary alicyclic amines) is 1. The minimum Gasteiger partial charge on any atom is -0.444 e. The van der Waals surface area contributed by atoms with Crippen LogP contribution in [0.15, 0.2) is 22.7 Å². The van der Waals surface area contributed by atoms with Gasteiger partial charge in [-0.25, -0.2) is 9.18 Å². The van der Waals surface area contributed by atoms with E-state index in [1.54, 1.807) is 17.0 Å². The standard InChI is InChI=1S/C21H26FN5O3/c1-5-15-17-14(22)7-6-8-16(17)27(24-15)19-23-18(30-25-19)13-9-11-26(12-10-13)20(28)29-21(2,3)4/h6-8,13H,5,9-12H2,1-4H3. The molecule has 1 aromatic carbocycles. The van der Waals surface area contributed by atoms with Crippen LogP contribution in [0.25, 0.3) is 16.9 Å². The Bertz CT molecular complexity index is 1060. The first-order valence-electron chi connectivity index (χ1n) is 10.2. The van der Waals surface area contributed by atoms with Crippen LogP contribution in [-0.2, 0) is 11.2 Å². The average Bonchev–Trinajstić information content (AvgIpc) is 3.32. The fourth-order valence-electron chi connectivity index (χ4n) is 3.71. The molecule has 0 N–H and O–H groups in total. The summed E-state index contributed by atoms with van der Waals surface area (Å²) in [5.41, 5.74) is 0.748. The van der Waals surface area contributed by atoms with Crippen molar-refractivity contribution in [2.75, 3.05) is 13.1 Å². The maximum absolute atomic E-state index is 14.3. The van der Waals surface area contributed by atoms with Gasteiger partial charge in [0.25, 0.3) is 5.95 Å². The predicted molar refractivity (Wildman–Crippen MR) is 108 cm³/mol. The van der Waals surface area contributed by atoms with Crippen LogP contribution in [-0.4, -0.2) is 49.6 Å². The molecule has 0 radical (unpaired) electrons. The van der Waals surface area contributed by atoms with E-state index in [-0.39, 0.29) is 23.8 Å². The lowest BCUT2D eigenvalue weighted by Crippen LogP contribution is -2.41. The number of aryl methyl sites for hydroxylation is 1. The molecule has 1 aliphatic heterocycles. The lowest BCUT2D eigenvalue weighted by Gasteiger charge is -2.32. The Labute approximate surface area is 174 Å². The van der Waals surface area contributed by atoms with Crippen LogP contribution >= 0.6 is 0 Å². The zero-order chi connectivity index (χ0) is 21.5. The number of ether oxygens (including phenoxy) is 1. The molecular weight excluding hydrogens is 389 g/mol. The molecule has 1 aliphatic rings. The number of aromatic nitrogens is 4. The van der Waals surface area contributed by atoms with Crippen molar-refractivity contribution < 1.29 is 18.4 Å². The molecule has 2 aromatic heterocycles. The molecule has 8 nitrogen and oxygen atoms in total. The fourth-order valence-corrected chi connectivity index (χ4v) is 3.71. The number of halogens is 1. The second kappa shape index (κ2) is 7.70. The van der Waals surface area contributed by atoms with Gasteiger partial charge in [0, 0.05) is 19.0 Å². The maximum Gasteiger partial charge on any atom is 0.410 e. The van der Waals surface area contributed by atoms with Crippen molar-refractivity contribution in [3.63, 3.8) is 0 Å². The van der Waals surface area contributed by atoms with Crippen molar-refractivity contribution >= 4 is 17.0 Å². The quantitative estimate of drug-likeness (QED) is 0.636. The van der Waals surface area contributed by atoms with Gasteiger partial charge < -0.3 is 14.2 Å². The third-order valence-corrected chi connectivity index (χ3v) is 5.18. The highest BCUT2D eigenvalue weighted by molar-refractivity contribution is 5.83. The summed E-state index contributed by atoms with van der Waals surface area (Å²) in [6.45, 7) is 8.62. The average molecular weight is 415 g/mol. The van der Waals surface area contributed by atoms with Crippen molar-refractivity contribution in [2.24, 2.45) is 0 Å². The van der Waals surface area contributed by atoms with E-state index in [1.807, 2.05) is 27.7 Å². The summed E-state index contributed by atoms with van der Waals surface area (Å²) in [4.78, 5) is 18.5. The largest absolute Gasteiger partial charge is 0.444 e. The van der Waals surface area contributed by atoms with Crippen molar-refractivity contribution in [1.29, 1.82) is 0 Å². The van der Waals surface area contributed by atoms with Crippen molar-refractivity contribution in [3.05, 3.63) is 35.6 Å². The highest BCUT2D eigenvalue weighted by atomic mass is 19.1. The van der Waals surface area contributed by atoms with Crippen molar-refractivity contribution in [3.8, 4) is 5.95 Å². The number of hydrogen-bond acceptors (Lipinski definition) is 6. The minimum atomic E-state index is -0.515. The number of rotatable bonds is 3. The Morgan fingerprint density at radius 2 is 2.03 bits per heavy atom. The monoisotopic (exact) mass is 415 g/mol. The van der Waals surface area contributed by atoms with Gasteiger partial charge in [0.1, 0.15) is 11.4 Å². The number of nitrogens with zero attached hydrogens (tertiary/aromatic N) is 5. The minimum absolute atomic E-state index is 0.0501. The zero-order valence-corrected chi connectivity index (χ0v) is 17.7. The lowest BCUT2D eigenvalue weighted by molar-refractivity contribution is 0.0198. The first kappa shape index (κ1) is 20.3. The summed E-state index contributed by atoms with van der Waals surface area (Å²) in [5.74, 6) is 0.532. The molecule has 0 unspecified atom stereocenters. The molecule has 30 heavy (non-hydrogen) atoms. The number of piperidine rings is 1. The summed E-state index contributed by atoms with van der Waals surface area (Å²) in [6.07, 6.45) is 1.70. The van der Waals surface area contributed by atoms with Crippen molar-refractivity contribution in [1.82, 2.24) is 24.8 Å².